The van der Waals surface area contributed by atoms with Crippen LogP contribution in [-0.4, -0.2) is 17.4 Å². The van der Waals surface area contributed by atoms with Crippen molar-refractivity contribution in [1.82, 2.24) is 0 Å². The molecular formula is C19H21BrN2OS. The van der Waals surface area contributed by atoms with Gasteiger partial charge in [0.1, 0.15) is 0 Å². The zero-order valence-corrected chi connectivity index (χ0v) is 16.3. The van der Waals surface area contributed by atoms with Gasteiger partial charge in [-0.1, -0.05) is 41.4 Å². The van der Waals surface area contributed by atoms with E-state index >= 15 is 0 Å². The van der Waals surface area contributed by atoms with E-state index < -0.39 is 6.04 Å². The van der Waals surface area contributed by atoms with Gasteiger partial charge in [-0.25, -0.2) is 0 Å². The van der Waals surface area contributed by atoms with Crippen LogP contribution >= 0.6 is 15.9 Å². The summed E-state index contributed by atoms with van der Waals surface area (Å²) in [6, 6.07) is 10.9. The maximum absolute atomic E-state index is 13.0. The summed E-state index contributed by atoms with van der Waals surface area (Å²) in [6.45, 7) is 4.63. The first-order valence-electron chi connectivity index (χ1n) is 8.07. The number of aliphatic imine (C=N–C) groups is 1. The van der Waals surface area contributed by atoms with Crippen molar-refractivity contribution >= 4 is 39.4 Å². The number of ketones is 1. The van der Waals surface area contributed by atoms with Crippen molar-refractivity contribution in [3.63, 3.8) is 0 Å². The molecule has 0 saturated heterocycles. The number of carbonyl (C=O) groups is 1. The lowest BCUT2D eigenvalue weighted by molar-refractivity contribution is -0.692. The summed E-state index contributed by atoms with van der Waals surface area (Å²) in [5.74, 6) is -0.0493. The van der Waals surface area contributed by atoms with Crippen LogP contribution in [0.3, 0.4) is 0 Å². The van der Waals surface area contributed by atoms with Crippen LogP contribution < -0.4 is 4.57 Å². The predicted octanol–water partition coefficient (Wildman–Crippen LogP) is 4.08. The summed E-state index contributed by atoms with van der Waals surface area (Å²) >= 11 is 8.84. The Hall–Kier alpha value is -1.59. The largest absolute Gasteiger partial charge is 0.758 e. The normalized spacial score (nSPS) is 12.9. The second-order valence-corrected chi connectivity index (χ2v) is 6.83. The van der Waals surface area contributed by atoms with Gasteiger partial charge in [-0.3, -0.25) is 4.79 Å². The Labute approximate surface area is 157 Å². The Balaban J connectivity index is 2.41. The van der Waals surface area contributed by atoms with Crippen molar-refractivity contribution in [3.8, 4) is 0 Å². The van der Waals surface area contributed by atoms with Crippen LogP contribution in [0, 0.1) is 0 Å². The number of carbonyl (C=O) groups excluding carboxylic acids is 1. The van der Waals surface area contributed by atoms with Gasteiger partial charge in [0.05, 0.1) is 0 Å². The maximum Gasteiger partial charge on any atom is 0.237 e. The fourth-order valence-corrected chi connectivity index (χ4v) is 3.27. The number of Topliss-reactive ketones (excluding diaryl/α,β-unsaturated/α-hetero) is 1. The molecule has 0 aliphatic rings. The molecule has 5 heteroatoms. The molecule has 1 aromatic heterocycles. The smallest absolute Gasteiger partial charge is 0.237 e. The molecule has 0 amide bonds. The summed E-state index contributed by atoms with van der Waals surface area (Å²) in [5.41, 5.74) is 1.87. The standard InChI is InChI=1S/C19H21BrN2OS/c1-3-6-14-9-11-22(12-10-14)17(19(24)21-4-2)18(23)15-7-5-8-16(20)13-15/h5,7-13,17H,3-4,6H2,1-2H3/t17-/m0/s1. The molecule has 0 N–H and O–H groups in total. The van der Waals surface area contributed by atoms with Crippen LogP contribution in [-0.2, 0) is 19.0 Å². The average Bonchev–Trinajstić information content (AvgIpc) is 2.57. The van der Waals surface area contributed by atoms with E-state index in [1.54, 1.807) is 6.07 Å². The van der Waals surface area contributed by atoms with Gasteiger partial charge in [-0.05, 0) is 36.1 Å². The van der Waals surface area contributed by atoms with Crippen LogP contribution in [0.5, 0.6) is 0 Å². The lowest BCUT2D eigenvalue weighted by atomic mass is 10.0. The highest BCUT2D eigenvalue weighted by molar-refractivity contribution is 9.10. The van der Waals surface area contributed by atoms with Gasteiger partial charge in [-0.2, -0.15) is 4.57 Å². The zero-order valence-electron chi connectivity index (χ0n) is 13.9. The minimum atomic E-state index is -0.593. The molecule has 0 fully saturated rings. The lowest BCUT2D eigenvalue weighted by Crippen LogP contribution is -2.47. The van der Waals surface area contributed by atoms with E-state index in [0.717, 1.165) is 17.3 Å². The van der Waals surface area contributed by atoms with Gasteiger partial charge in [0.2, 0.25) is 11.8 Å². The second kappa shape index (κ2) is 9.04. The summed E-state index contributed by atoms with van der Waals surface area (Å²) in [6.07, 6.45) is 5.95. The van der Waals surface area contributed by atoms with Gasteiger partial charge in [0.15, 0.2) is 12.4 Å². The predicted molar refractivity (Wildman–Crippen MR) is 103 cm³/mol. The highest BCUT2D eigenvalue weighted by Gasteiger charge is 2.28. The fourth-order valence-electron chi connectivity index (χ4n) is 2.51. The summed E-state index contributed by atoms with van der Waals surface area (Å²) in [4.78, 5) is 17.3. The van der Waals surface area contributed by atoms with Gasteiger partial charge < -0.3 is 17.6 Å². The molecule has 0 radical (unpaired) electrons. The van der Waals surface area contributed by atoms with Crippen LogP contribution in [0.15, 0.2) is 58.3 Å². The molecule has 0 spiro atoms. The van der Waals surface area contributed by atoms with Crippen molar-refractivity contribution in [3.05, 3.63) is 64.4 Å². The van der Waals surface area contributed by atoms with E-state index in [4.69, 9.17) is 12.6 Å². The molecule has 0 aliphatic carbocycles. The summed E-state index contributed by atoms with van der Waals surface area (Å²) < 4.78 is 2.72. The van der Waals surface area contributed by atoms with Crippen molar-refractivity contribution in [2.45, 2.75) is 32.7 Å². The maximum atomic E-state index is 13.0. The molecule has 2 aromatic rings. The van der Waals surface area contributed by atoms with Gasteiger partial charge >= 0.3 is 0 Å². The molecule has 0 bridgehead atoms. The van der Waals surface area contributed by atoms with E-state index in [0.29, 0.717) is 17.2 Å². The second-order valence-electron chi connectivity index (χ2n) is 5.49. The number of halogens is 1. The van der Waals surface area contributed by atoms with Crippen molar-refractivity contribution < 1.29 is 9.36 Å². The quantitative estimate of drug-likeness (QED) is 0.229. The minimum absolute atomic E-state index is 0.0493. The third-order valence-electron chi connectivity index (χ3n) is 3.66. The van der Waals surface area contributed by atoms with E-state index in [9.17, 15) is 4.79 Å². The molecule has 0 unspecified atom stereocenters. The molecular weight excluding hydrogens is 384 g/mol. The third kappa shape index (κ3) is 4.71. The molecule has 1 heterocycles. The molecule has 1 aromatic carbocycles. The first-order valence-corrected chi connectivity index (χ1v) is 9.27. The Morgan fingerprint density at radius 1 is 1.25 bits per heavy atom. The number of hydrogen-bond donors (Lipinski definition) is 0. The van der Waals surface area contributed by atoms with Crippen LogP contribution in [0.1, 0.15) is 42.2 Å². The first-order chi connectivity index (χ1) is 11.6. The number of rotatable bonds is 7. The zero-order chi connectivity index (χ0) is 17.5. The van der Waals surface area contributed by atoms with Crippen molar-refractivity contribution in [2.24, 2.45) is 4.99 Å². The monoisotopic (exact) mass is 404 g/mol. The number of pyridine rings is 1. The Bertz CT molecular complexity index is 728. The van der Waals surface area contributed by atoms with E-state index in [2.05, 4.69) is 27.8 Å². The van der Waals surface area contributed by atoms with Crippen molar-refractivity contribution in [2.75, 3.05) is 6.54 Å². The fraction of sp³-hybridized carbons (Fsp3) is 0.316. The lowest BCUT2D eigenvalue weighted by Gasteiger charge is -2.18. The Morgan fingerprint density at radius 3 is 2.54 bits per heavy atom. The minimum Gasteiger partial charge on any atom is -0.758 e. The average molecular weight is 405 g/mol. The molecule has 0 saturated carbocycles. The number of aromatic nitrogens is 1. The van der Waals surface area contributed by atoms with E-state index in [1.165, 1.54) is 5.56 Å². The van der Waals surface area contributed by atoms with Gasteiger partial charge in [0, 0.05) is 28.7 Å². The molecule has 126 valence electrons. The number of benzene rings is 1. The third-order valence-corrected chi connectivity index (χ3v) is 4.51. The number of hydrogen-bond acceptors (Lipinski definition) is 3. The molecule has 1 atom stereocenters. The Morgan fingerprint density at radius 2 is 1.96 bits per heavy atom. The SMILES string of the molecule is CCCc1cc[n+]([C@@H](C(=O)c2cccc(Br)c2)C([S-])=NCC)cc1. The van der Waals surface area contributed by atoms with Gasteiger partial charge in [-0.15, -0.1) is 0 Å². The summed E-state index contributed by atoms with van der Waals surface area (Å²) in [7, 11) is 0. The molecule has 0 aliphatic heterocycles. The van der Waals surface area contributed by atoms with Crippen LogP contribution in [0.4, 0.5) is 0 Å². The first kappa shape index (κ1) is 18.7. The molecule has 3 nitrogen and oxygen atoms in total. The van der Waals surface area contributed by atoms with E-state index in [-0.39, 0.29) is 5.78 Å². The summed E-state index contributed by atoms with van der Waals surface area (Å²) in [5, 5.41) is 0.413. The van der Waals surface area contributed by atoms with Crippen molar-refractivity contribution in [1.29, 1.82) is 0 Å². The highest BCUT2D eigenvalue weighted by atomic mass is 79.9. The molecule has 24 heavy (non-hydrogen) atoms. The van der Waals surface area contributed by atoms with Crippen LogP contribution in [0.2, 0.25) is 0 Å². The van der Waals surface area contributed by atoms with E-state index in [1.807, 2.05) is 54.2 Å². The number of aryl methyl sites for hydroxylation is 1. The highest BCUT2D eigenvalue weighted by Crippen LogP contribution is 2.17. The van der Waals surface area contributed by atoms with Crippen LogP contribution in [0.25, 0.3) is 0 Å². The van der Waals surface area contributed by atoms with Gasteiger partial charge in [0.25, 0.3) is 0 Å². The number of nitrogens with zero attached hydrogens (tertiary/aromatic N) is 2. The molecule has 2 rings (SSSR count). The topological polar surface area (TPSA) is 33.3 Å². The Kier molecular flexibility index (Phi) is 7.06.